The van der Waals surface area contributed by atoms with Gasteiger partial charge in [-0.15, -0.1) is 0 Å². The number of fused-ring (bicyclic) bond motifs is 4. The zero-order valence-electron chi connectivity index (χ0n) is 31.0. The summed E-state index contributed by atoms with van der Waals surface area (Å²) < 4.78 is 56.8. The van der Waals surface area contributed by atoms with E-state index in [4.69, 9.17) is 42.6 Å². The number of esters is 1. The zero-order chi connectivity index (χ0) is 35.6. The van der Waals surface area contributed by atoms with Crippen LogP contribution in [0.3, 0.4) is 0 Å². The quantitative estimate of drug-likeness (QED) is 0.235. The number of carbonyl (C=O) groups excluding carboxylic acids is 1. The van der Waals surface area contributed by atoms with Crippen molar-refractivity contribution in [2.24, 2.45) is 34.5 Å². The minimum Gasteiger partial charge on any atom is -0.458 e. The van der Waals surface area contributed by atoms with E-state index in [2.05, 4.69) is 13.8 Å². The number of cyclic esters (lactones) is 1. The van der Waals surface area contributed by atoms with E-state index in [9.17, 15) is 15.0 Å². The molecule has 0 radical (unpaired) electrons. The highest BCUT2D eigenvalue weighted by Gasteiger charge is 2.77. The molecule has 12 heteroatoms. The summed E-state index contributed by atoms with van der Waals surface area (Å²) in [7, 11) is 1.61. The monoisotopic (exact) mass is 706 g/mol. The summed E-state index contributed by atoms with van der Waals surface area (Å²) in [5, 5.41) is 26.2. The van der Waals surface area contributed by atoms with Gasteiger partial charge in [-0.05, 0) is 84.1 Å². The van der Waals surface area contributed by atoms with Crippen LogP contribution in [0.4, 0.5) is 0 Å². The predicted molar refractivity (Wildman–Crippen MR) is 176 cm³/mol. The molecule has 4 aliphatic carbocycles. The average molecular weight is 707 g/mol. The van der Waals surface area contributed by atoms with Crippen molar-refractivity contribution < 1.29 is 57.6 Å². The van der Waals surface area contributed by atoms with Crippen molar-refractivity contribution in [3.05, 3.63) is 11.6 Å². The summed E-state index contributed by atoms with van der Waals surface area (Å²) in [5.74, 6) is -2.38. The molecule has 50 heavy (non-hydrogen) atoms. The van der Waals surface area contributed by atoms with E-state index in [1.165, 1.54) is 0 Å². The SMILES string of the molecule is COCOC1C[C@]2(C)[C@@H](C3=CC(=O)OC3)CC[C@]2(O)C2CC[C@]3(O)C[C@@H](O[C@@H]4O[C@@H](C)[C@H](C)[C@H]5OC(C)(C)O[C@@H]45)C[C@H]4OC(C)(C)OC[C@]43C12. The Bertz CT molecular complexity index is 1380. The molecule has 8 aliphatic rings. The Morgan fingerprint density at radius 3 is 2.44 bits per heavy atom. The minimum absolute atomic E-state index is 0.0271. The second-order valence-electron chi connectivity index (χ2n) is 17.9. The number of hydrogen-bond acceptors (Lipinski definition) is 12. The van der Waals surface area contributed by atoms with Crippen molar-refractivity contribution in [3.8, 4) is 0 Å². The molecule has 0 bridgehead atoms. The fraction of sp³-hybridized carbons (Fsp3) is 0.921. The van der Waals surface area contributed by atoms with E-state index in [0.29, 0.717) is 38.5 Å². The molecule has 0 amide bonds. The standard InChI is InChI=1S/C38H58O12/c1-20-21(2)46-32(31-30(20)49-34(5,6)50-31)47-23-14-27-37(18-45-33(3,4)48-27)29-25(9-11-36(37,40)15-23)38(41)12-10-24(22-13-28(39)43-17-22)35(38,7)16-26(29)44-19-42-8/h13,20-21,23-27,29-32,40-41H,9-12,14-19H2,1-8H3/t20-,21-,23-,24+,25?,26?,27+,29?,30+,31+,32-,35+,36-,37+,38-/m0/s1. The van der Waals surface area contributed by atoms with Gasteiger partial charge in [0.05, 0.1) is 53.7 Å². The van der Waals surface area contributed by atoms with Gasteiger partial charge < -0.3 is 52.8 Å². The van der Waals surface area contributed by atoms with Crippen molar-refractivity contribution >= 4 is 5.97 Å². The first-order valence-corrected chi connectivity index (χ1v) is 18.9. The lowest BCUT2D eigenvalue weighted by Gasteiger charge is -2.71. The Hall–Kier alpha value is -1.19. The smallest absolute Gasteiger partial charge is 0.331 e. The number of aliphatic hydroxyl groups is 2. The Balaban J connectivity index is 1.15. The van der Waals surface area contributed by atoms with Crippen LogP contribution in [0.2, 0.25) is 0 Å². The van der Waals surface area contributed by atoms with Crippen molar-refractivity contribution in [1.29, 1.82) is 0 Å². The van der Waals surface area contributed by atoms with Crippen LogP contribution in [-0.2, 0) is 47.4 Å². The lowest BCUT2D eigenvalue weighted by molar-refractivity contribution is -0.409. The summed E-state index contributed by atoms with van der Waals surface area (Å²) in [5.41, 5.74) is -2.84. The number of hydrogen-bond donors (Lipinski definition) is 2. The van der Waals surface area contributed by atoms with Gasteiger partial charge in [-0.3, -0.25) is 0 Å². The fourth-order valence-corrected chi connectivity index (χ4v) is 12.2. The van der Waals surface area contributed by atoms with Gasteiger partial charge in [0.15, 0.2) is 17.9 Å². The van der Waals surface area contributed by atoms with Crippen molar-refractivity contribution in [3.63, 3.8) is 0 Å². The molecule has 2 N–H and O–H groups in total. The molecular formula is C38H58O12. The van der Waals surface area contributed by atoms with Crippen LogP contribution in [0, 0.1) is 34.5 Å². The Kier molecular flexibility index (Phi) is 8.53. The van der Waals surface area contributed by atoms with Gasteiger partial charge in [0, 0.05) is 43.3 Å². The van der Waals surface area contributed by atoms with Gasteiger partial charge in [-0.1, -0.05) is 13.8 Å². The van der Waals surface area contributed by atoms with Crippen molar-refractivity contribution in [2.75, 3.05) is 27.1 Å². The molecule has 4 aliphatic heterocycles. The van der Waals surface area contributed by atoms with Gasteiger partial charge in [0.1, 0.15) is 19.5 Å². The number of rotatable bonds is 6. The van der Waals surface area contributed by atoms with Crippen LogP contribution in [0.1, 0.15) is 93.4 Å². The number of ether oxygens (including phenoxy) is 9. The van der Waals surface area contributed by atoms with Crippen LogP contribution in [0.15, 0.2) is 11.6 Å². The van der Waals surface area contributed by atoms with Gasteiger partial charge >= 0.3 is 5.97 Å². The molecule has 3 saturated heterocycles. The molecule has 4 heterocycles. The number of carbonyl (C=O) groups is 1. The second-order valence-corrected chi connectivity index (χ2v) is 17.9. The van der Waals surface area contributed by atoms with Crippen molar-refractivity contribution in [2.45, 2.75) is 159 Å². The third-order valence-corrected chi connectivity index (χ3v) is 14.6. The lowest BCUT2D eigenvalue weighted by atomic mass is 9.40. The first-order chi connectivity index (χ1) is 23.5. The second kappa shape index (κ2) is 11.9. The minimum atomic E-state index is -1.25. The molecule has 3 unspecified atom stereocenters. The average Bonchev–Trinajstić information content (AvgIpc) is 3.69. The lowest BCUT2D eigenvalue weighted by Crippen LogP contribution is -2.78. The highest BCUT2D eigenvalue weighted by molar-refractivity contribution is 5.85. The molecule has 8 rings (SSSR count). The van der Waals surface area contributed by atoms with Crippen LogP contribution in [-0.4, -0.2) is 109 Å². The maximum Gasteiger partial charge on any atom is 0.331 e. The molecule has 4 saturated carbocycles. The molecule has 282 valence electrons. The van der Waals surface area contributed by atoms with Crippen molar-refractivity contribution in [1.82, 2.24) is 0 Å². The molecule has 7 fully saturated rings. The molecule has 0 aromatic heterocycles. The van der Waals surface area contributed by atoms with Gasteiger partial charge in [-0.2, -0.15) is 0 Å². The van der Waals surface area contributed by atoms with E-state index < -0.39 is 52.1 Å². The van der Waals surface area contributed by atoms with E-state index >= 15 is 0 Å². The van der Waals surface area contributed by atoms with Crippen LogP contribution in [0.25, 0.3) is 0 Å². The van der Waals surface area contributed by atoms with Crippen LogP contribution < -0.4 is 0 Å². The van der Waals surface area contributed by atoms with Crippen LogP contribution >= 0.6 is 0 Å². The van der Waals surface area contributed by atoms with E-state index in [1.807, 2.05) is 34.6 Å². The fourth-order valence-electron chi connectivity index (χ4n) is 12.2. The predicted octanol–water partition coefficient (Wildman–Crippen LogP) is 3.99. The summed E-state index contributed by atoms with van der Waals surface area (Å²) in [6, 6.07) is 0. The normalized spacial score (nSPS) is 53.4. The third kappa shape index (κ3) is 5.17. The molecule has 15 atom stereocenters. The zero-order valence-corrected chi connectivity index (χ0v) is 31.0. The summed E-state index contributed by atoms with van der Waals surface area (Å²) in [6.45, 7) is 14.6. The molecule has 12 nitrogen and oxygen atoms in total. The van der Waals surface area contributed by atoms with Crippen LogP contribution in [0.5, 0.6) is 0 Å². The maximum atomic E-state index is 13.2. The molecule has 0 aromatic rings. The van der Waals surface area contributed by atoms with Gasteiger partial charge in [0.2, 0.25) is 0 Å². The summed E-state index contributed by atoms with van der Waals surface area (Å²) in [4.78, 5) is 12.2. The highest BCUT2D eigenvalue weighted by atomic mass is 16.8. The Morgan fingerprint density at radius 1 is 0.960 bits per heavy atom. The van der Waals surface area contributed by atoms with E-state index in [0.717, 1.165) is 12.0 Å². The maximum absolute atomic E-state index is 13.2. The third-order valence-electron chi connectivity index (χ3n) is 14.6. The molecule has 1 spiro atoms. The molecular weight excluding hydrogens is 648 g/mol. The molecule has 0 aromatic carbocycles. The number of methoxy groups -OCH3 is 1. The topological polar surface area (TPSA) is 141 Å². The van der Waals surface area contributed by atoms with E-state index in [-0.39, 0.29) is 74.1 Å². The largest absolute Gasteiger partial charge is 0.458 e. The highest BCUT2D eigenvalue weighted by Crippen LogP contribution is 2.72. The summed E-state index contributed by atoms with van der Waals surface area (Å²) >= 11 is 0. The van der Waals surface area contributed by atoms with E-state index in [1.54, 1.807) is 13.2 Å². The Morgan fingerprint density at radius 2 is 1.72 bits per heavy atom. The first-order valence-electron chi connectivity index (χ1n) is 18.9. The summed E-state index contributed by atoms with van der Waals surface area (Å²) in [6.07, 6.45) is 2.81. The van der Waals surface area contributed by atoms with Gasteiger partial charge in [0.25, 0.3) is 0 Å². The Labute approximate surface area is 295 Å². The van der Waals surface area contributed by atoms with Gasteiger partial charge in [-0.25, -0.2) is 4.79 Å². The first kappa shape index (κ1) is 35.8.